The summed E-state index contributed by atoms with van der Waals surface area (Å²) < 4.78 is 36.2. The summed E-state index contributed by atoms with van der Waals surface area (Å²) in [5.41, 5.74) is 0.760. The molecule has 5 heteroatoms. The summed E-state index contributed by atoms with van der Waals surface area (Å²) >= 11 is 0. The van der Waals surface area contributed by atoms with Gasteiger partial charge in [0.05, 0.1) is 0 Å². The molecule has 0 aliphatic heterocycles. The number of nitrogens with zero attached hydrogens (tertiary/aromatic N) is 2. The van der Waals surface area contributed by atoms with Gasteiger partial charge in [0.1, 0.15) is 0 Å². The lowest BCUT2D eigenvalue weighted by Crippen LogP contribution is -2.20. The summed E-state index contributed by atoms with van der Waals surface area (Å²) in [6.45, 7) is 8.28. The topological polar surface area (TPSA) is 24.7 Å². The minimum atomic E-state index is -4.53. The predicted molar refractivity (Wildman–Crippen MR) is 51.6 cm³/mol. The predicted octanol–water partition coefficient (Wildman–Crippen LogP) is 3.21. The van der Waals surface area contributed by atoms with Crippen LogP contribution < -0.4 is 0 Å². The van der Waals surface area contributed by atoms with Crippen molar-refractivity contribution in [1.29, 1.82) is 0 Å². The fourth-order valence-corrected chi connectivity index (χ4v) is 0.516. The highest BCUT2D eigenvalue weighted by Gasteiger charge is 2.35. The maximum atomic E-state index is 12.1. The molecule has 0 radical (unpaired) electrons. The minimum Gasteiger partial charge on any atom is -0.241 e. The summed E-state index contributed by atoms with van der Waals surface area (Å²) in [4.78, 5) is 6.06. The molecule has 0 bridgehead atoms. The van der Waals surface area contributed by atoms with E-state index in [1.54, 1.807) is 6.92 Å². The number of hydrogen-bond donors (Lipinski definition) is 0. The van der Waals surface area contributed by atoms with Crippen LogP contribution in [0.15, 0.2) is 21.8 Å². The van der Waals surface area contributed by atoms with Crippen molar-refractivity contribution in [2.24, 2.45) is 15.9 Å². The van der Waals surface area contributed by atoms with Gasteiger partial charge in [-0.2, -0.15) is 13.2 Å². The van der Waals surface area contributed by atoms with Crippen LogP contribution in [0.3, 0.4) is 0 Å². The zero-order valence-electron chi connectivity index (χ0n) is 8.39. The first-order valence-electron chi connectivity index (χ1n) is 4.07. The van der Waals surface area contributed by atoms with Crippen molar-refractivity contribution >= 4 is 12.6 Å². The van der Waals surface area contributed by atoms with E-state index < -0.39 is 12.0 Å². The van der Waals surface area contributed by atoms with Gasteiger partial charge in [0, 0.05) is 6.20 Å². The fraction of sp³-hybridized carbons (Fsp3) is 0.556. The van der Waals surface area contributed by atoms with Crippen molar-refractivity contribution in [2.75, 3.05) is 0 Å². The highest BCUT2D eigenvalue weighted by atomic mass is 19.4. The van der Waals surface area contributed by atoms with Gasteiger partial charge in [0.2, 0.25) is 5.84 Å². The highest BCUT2D eigenvalue weighted by molar-refractivity contribution is 5.91. The van der Waals surface area contributed by atoms with Crippen molar-refractivity contribution in [3.63, 3.8) is 0 Å². The Kier molecular flexibility index (Phi) is 4.53. The molecule has 0 unspecified atom stereocenters. The number of rotatable bonds is 2. The molecule has 0 atom stereocenters. The second-order valence-corrected chi connectivity index (χ2v) is 3.14. The molecule has 0 aromatic rings. The van der Waals surface area contributed by atoms with Gasteiger partial charge < -0.3 is 0 Å². The van der Waals surface area contributed by atoms with Gasteiger partial charge in [0.25, 0.3) is 0 Å². The molecule has 0 fully saturated rings. The molecule has 0 aliphatic carbocycles. The van der Waals surface area contributed by atoms with E-state index in [2.05, 4.69) is 16.7 Å². The SMILES string of the molecule is C=N/C(=N\C=C(/C)C(C)C)C(F)(F)F. The lowest BCUT2D eigenvalue weighted by atomic mass is 10.1. The van der Waals surface area contributed by atoms with Crippen LogP contribution in [0.2, 0.25) is 0 Å². The summed E-state index contributed by atoms with van der Waals surface area (Å²) in [5.74, 6) is -1.05. The molecular formula is C9H13F3N2. The third-order valence-electron chi connectivity index (χ3n) is 1.70. The second kappa shape index (κ2) is 4.93. The van der Waals surface area contributed by atoms with E-state index in [1.165, 1.54) is 6.20 Å². The van der Waals surface area contributed by atoms with E-state index >= 15 is 0 Å². The zero-order valence-corrected chi connectivity index (χ0v) is 8.39. The molecule has 0 aromatic carbocycles. The number of alkyl halides is 3. The number of halogens is 3. The van der Waals surface area contributed by atoms with Gasteiger partial charge in [-0.1, -0.05) is 19.4 Å². The molecule has 2 nitrogen and oxygen atoms in total. The van der Waals surface area contributed by atoms with Gasteiger partial charge in [-0.15, -0.1) is 0 Å². The summed E-state index contributed by atoms with van der Waals surface area (Å²) in [5, 5.41) is 0. The van der Waals surface area contributed by atoms with E-state index in [-0.39, 0.29) is 5.92 Å². The molecular weight excluding hydrogens is 193 g/mol. The average molecular weight is 206 g/mol. The molecule has 80 valence electrons. The number of amidine groups is 1. The van der Waals surface area contributed by atoms with E-state index in [9.17, 15) is 13.2 Å². The number of aliphatic imine (C=N–C) groups is 2. The molecule has 0 heterocycles. The van der Waals surface area contributed by atoms with Crippen LogP contribution in [0.25, 0.3) is 0 Å². The minimum absolute atomic E-state index is 0.165. The van der Waals surface area contributed by atoms with Crippen molar-refractivity contribution < 1.29 is 13.2 Å². The Bertz CT molecular complexity index is 262. The summed E-state index contributed by atoms with van der Waals surface area (Å²) in [6.07, 6.45) is -3.36. The Labute approximate surface area is 81.3 Å². The standard InChI is InChI=1S/C9H13F3N2/c1-6(2)7(3)5-14-8(13-4)9(10,11)12/h5-6H,4H2,1-3H3/b7-5+,14-8-. The Morgan fingerprint density at radius 1 is 1.36 bits per heavy atom. The lowest BCUT2D eigenvalue weighted by Gasteiger charge is -2.05. The van der Waals surface area contributed by atoms with Crippen LogP contribution in [0.1, 0.15) is 20.8 Å². The molecule has 0 rings (SSSR count). The molecule has 0 saturated heterocycles. The van der Waals surface area contributed by atoms with Crippen molar-refractivity contribution in [1.82, 2.24) is 0 Å². The van der Waals surface area contributed by atoms with Crippen molar-refractivity contribution in [3.05, 3.63) is 11.8 Å². The first-order chi connectivity index (χ1) is 6.29. The molecule has 0 aromatic heterocycles. The monoisotopic (exact) mass is 206 g/mol. The van der Waals surface area contributed by atoms with Crippen LogP contribution in [0.5, 0.6) is 0 Å². The quantitative estimate of drug-likeness (QED) is 0.489. The maximum Gasteiger partial charge on any atom is 0.451 e. The Hall–Kier alpha value is -1.13. The van der Waals surface area contributed by atoms with Crippen molar-refractivity contribution in [3.8, 4) is 0 Å². The normalized spacial score (nSPS) is 14.8. The van der Waals surface area contributed by atoms with E-state index in [1.807, 2.05) is 13.8 Å². The van der Waals surface area contributed by atoms with Gasteiger partial charge in [-0.3, -0.25) is 0 Å². The largest absolute Gasteiger partial charge is 0.451 e. The third-order valence-corrected chi connectivity index (χ3v) is 1.70. The van der Waals surface area contributed by atoms with Crippen LogP contribution >= 0.6 is 0 Å². The Morgan fingerprint density at radius 2 is 1.86 bits per heavy atom. The fourth-order valence-electron chi connectivity index (χ4n) is 0.516. The molecule has 0 saturated carbocycles. The van der Waals surface area contributed by atoms with Crippen LogP contribution in [-0.4, -0.2) is 18.7 Å². The van der Waals surface area contributed by atoms with E-state index in [4.69, 9.17) is 0 Å². The first-order valence-corrected chi connectivity index (χ1v) is 4.07. The Balaban J connectivity index is 4.81. The smallest absolute Gasteiger partial charge is 0.241 e. The average Bonchev–Trinajstić information content (AvgIpc) is 2.02. The number of hydrogen-bond acceptors (Lipinski definition) is 1. The van der Waals surface area contributed by atoms with Gasteiger partial charge in [-0.05, 0) is 19.6 Å². The molecule has 0 N–H and O–H groups in total. The first kappa shape index (κ1) is 12.9. The third kappa shape index (κ3) is 4.20. The van der Waals surface area contributed by atoms with Crippen molar-refractivity contribution in [2.45, 2.75) is 26.9 Å². The summed E-state index contributed by atoms with van der Waals surface area (Å²) in [6, 6.07) is 0. The second-order valence-electron chi connectivity index (χ2n) is 3.14. The lowest BCUT2D eigenvalue weighted by molar-refractivity contribution is -0.0596. The molecule has 14 heavy (non-hydrogen) atoms. The molecule has 0 amide bonds. The maximum absolute atomic E-state index is 12.1. The van der Waals surface area contributed by atoms with E-state index in [0.717, 1.165) is 5.57 Å². The molecule has 0 aliphatic rings. The summed E-state index contributed by atoms with van der Waals surface area (Å²) in [7, 11) is 0. The van der Waals surface area contributed by atoms with Crippen LogP contribution in [0.4, 0.5) is 13.2 Å². The zero-order chi connectivity index (χ0) is 11.4. The van der Waals surface area contributed by atoms with E-state index in [0.29, 0.717) is 0 Å². The highest BCUT2D eigenvalue weighted by Crippen LogP contribution is 2.18. The van der Waals surface area contributed by atoms with Gasteiger partial charge in [0.15, 0.2) is 0 Å². The van der Waals surface area contributed by atoms with Gasteiger partial charge >= 0.3 is 6.18 Å². The Morgan fingerprint density at radius 3 is 2.14 bits per heavy atom. The number of allylic oxidation sites excluding steroid dienone is 1. The van der Waals surface area contributed by atoms with Gasteiger partial charge in [-0.25, -0.2) is 9.98 Å². The van der Waals surface area contributed by atoms with Crippen LogP contribution in [0, 0.1) is 5.92 Å². The molecule has 0 spiro atoms. The van der Waals surface area contributed by atoms with Crippen LogP contribution in [-0.2, 0) is 0 Å².